The van der Waals surface area contributed by atoms with Crippen LogP contribution in [-0.4, -0.2) is 25.3 Å². The van der Waals surface area contributed by atoms with Gasteiger partial charge >= 0.3 is 0 Å². The smallest absolute Gasteiger partial charge is 0.142 e. The zero-order valence-corrected chi connectivity index (χ0v) is 11.3. The molecule has 2 heterocycles. The van der Waals surface area contributed by atoms with E-state index >= 15 is 0 Å². The highest BCUT2D eigenvalue weighted by Crippen LogP contribution is 2.23. The molecule has 0 atom stereocenters. The highest BCUT2D eigenvalue weighted by Gasteiger charge is 2.09. The van der Waals surface area contributed by atoms with Gasteiger partial charge in [-0.05, 0) is 19.1 Å². The molecule has 3 N–H and O–H groups in total. The Hall–Kier alpha value is -1.69. The summed E-state index contributed by atoms with van der Waals surface area (Å²) >= 11 is 0. The fourth-order valence-corrected chi connectivity index (χ4v) is 1.31. The first-order valence-electron chi connectivity index (χ1n) is 5.43. The van der Waals surface area contributed by atoms with Gasteiger partial charge in [-0.25, -0.2) is 0 Å². The quantitative estimate of drug-likeness (QED) is 0.779. The van der Waals surface area contributed by atoms with Crippen LogP contribution in [-0.2, 0) is 13.2 Å². The van der Waals surface area contributed by atoms with Crippen LogP contribution < -0.4 is 0 Å². The molecule has 0 aliphatic heterocycles. The maximum atomic E-state index is 9.38. The Morgan fingerprint density at radius 1 is 1.05 bits per heavy atom. The second-order valence-corrected chi connectivity index (χ2v) is 3.54. The van der Waals surface area contributed by atoms with E-state index in [0.29, 0.717) is 16.8 Å². The first-order chi connectivity index (χ1) is 8.70. The lowest BCUT2D eigenvalue weighted by molar-refractivity contribution is 0.254. The summed E-state index contributed by atoms with van der Waals surface area (Å²) in [7, 11) is 0. The Balaban J connectivity index is 0.000000392. The van der Waals surface area contributed by atoms with E-state index in [1.54, 1.807) is 19.3 Å². The first kappa shape index (κ1) is 17.3. The summed E-state index contributed by atoms with van der Waals surface area (Å²) in [4.78, 5) is 7.62. The summed E-state index contributed by atoms with van der Waals surface area (Å²) in [5, 5.41) is 27.0. The molecule has 0 spiro atoms. The van der Waals surface area contributed by atoms with Crippen LogP contribution in [0, 0.1) is 6.92 Å². The number of aryl methyl sites for hydroxylation is 1. The van der Waals surface area contributed by atoms with E-state index in [-0.39, 0.29) is 31.4 Å². The third-order valence-electron chi connectivity index (χ3n) is 2.33. The van der Waals surface area contributed by atoms with Crippen LogP contribution in [0.5, 0.6) is 5.75 Å². The van der Waals surface area contributed by atoms with Gasteiger partial charge in [-0.2, -0.15) is 0 Å². The van der Waals surface area contributed by atoms with E-state index in [9.17, 15) is 5.11 Å². The molecule has 0 aliphatic carbocycles. The minimum atomic E-state index is -0.287. The highest BCUT2D eigenvalue weighted by molar-refractivity contribution is 5.85. The van der Waals surface area contributed by atoms with Crippen LogP contribution in [0.3, 0.4) is 0 Å². The molecule has 2 rings (SSSR count). The number of aromatic nitrogens is 2. The van der Waals surface area contributed by atoms with Crippen LogP contribution >= 0.6 is 12.4 Å². The fourth-order valence-electron chi connectivity index (χ4n) is 1.31. The van der Waals surface area contributed by atoms with Gasteiger partial charge < -0.3 is 15.3 Å². The standard InChI is InChI=1S/C8H11NO3.C5H5N.ClH/c1-5-8(12)7(4-11)6(3-10)2-9-5;1-2-4-6-5-3-1;/h2,10-12H,3-4H2,1H3;1-5H;1H. The summed E-state index contributed by atoms with van der Waals surface area (Å²) in [6, 6.07) is 5.72. The minimum absolute atomic E-state index is 0. The second-order valence-electron chi connectivity index (χ2n) is 3.54. The fraction of sp³-hybridized carbons (Fsp3) is 0.231. The Morgan fingerprint density at radius 3 is 2.05 bits per heavy atom. The molecule has 0 bridgehead atoms. The van der Waals surface area contributed by atoms with Crippen molar-refractivity contribution < 1.29 is 15.3 Å². The largest absolute Gasteiger partial charge is 0.506 e. The lowest BCUT2D eigenvalue weighted by Gasteiger charge is -2.07. The predicted molar refractivity (Wildman–Crippen MR) is 74.0 cm³/mol. The maximum Gasteiger partial charge on any atom is 0.142 e. The van der Waals surface area contributed by atoms with Gasteiger partial charge in [0.2, 0.25) is 0 Å². The van der Waals surface area contributed by atoms with Crippen molar-refractivity contribution >= 4 is 12.4 Å². The lowest BCUT2D eigenvalue weighted by Crippen LogP contribution is -1.98. The molecule has 6 heteroatoms. The molecule has 0 amide bonds. The van der Waals surface area contributed by atoms with Gasteiger partial charge in [0.15, 0.2) is 0 Å². The number of halogens is 1. The second kappa shape index (κ2) is 9.27. The van der Waals surface area contributed by atoms with Crippen molar-refractivity contribution in [3.63, 3.8) is 0 Å². The predicted octanol–water partition coefficient (Wildman–Crippen LogP) is 1.58. The number of hydrogen-bond donors (Lipinski definition) is 3. The van der Waals surface area contributed by atoms with Gasteiger partial charge in [-0.15, -0.1) is 12.4 Å². The molecule has 2 aromatic rings. The van der Waals surface area contributed by atoms with Gasteiger partial charge in [0.1, 0.15) is 5.75 Å². The topological polar surface area (TPSA) is 86.5 Å². The van der Waals surface area contributed by atoms with Gasteiger partial charge in [0, 0.05) is 29.7 Å². The molecule has 0 aliphatic rings. The molecular weight excluding hydrogens is 268 g/mol. The Morgan fingerprint density at radius 2 is 1.68 bits per heavy atom. The number of rotatable bonds is 2. The van der Waals surface area contributed by atoms with Crippen LogP contribution in [0.4, 0.5) is 0 Å². The molecule has 2 aromatic heterocycles. The van der Waals surface area contributed by atoms with Crippen molar-refractivity contribution in [1.82, 2.24) is 9.97 Å². The molecule has 0 aromatic carbocycles. The van der Waals surface area contributed by atoms with Crippen LogP contribution in [0.25, 0.3) is 0 Å². The number of aliphatic hydroxyl groups excluding tert-OH is 2. The Bertz CT molecular complexity index is 454. The molecule has 0 fully saturated rings. The molecule has 19 heavy (non-hydrogen) atoms. The normalized spacial score (nSPS) is 9.00. The maximum absolute atomic E-state index is 9.38. The Labute approximate surface area is 118 Å². The molecule has 0 saturated heterocycles. The van der Waals surface area contributed by atoms with E-state index in [1.807, 2.05) is 18.2 Å². The molecule has 104 valence electrons. The van der Waals surface area contributed by atoms with Gasteiger partial charge in [0.05, 0.1) is 18.9 Å². The molecule has 5 nitrogen and oxygen atoms in total. The average molecular weight is 285 g/mol. The number of nitrogens with zero attached hydrogens (tertiary/aromatic N) is 2. The first-order valence-corrected chi connectivity index (χ1v) is 5.43. The molecule has 0 radical (unpaired) electrons. The zero-order valence-electron chi connectivity index (χ0n) is 10.5. The third-order valence-corrected chi connectivity index (χ3v) is 2.33. The molecule has 0 unspecified atom stereocenters. The summed E-state index contributed by atoms with van der Waals surface area (Å²) in [5.74, 6) is -0.0379. The SMILES string of the molecule is Cc1ncc(CO)c(CO)c1O.Cl.c1ccncc1. The average Bonchev–Trinajstić information content (AvgIpc) is 2.44. The number of hydrogen-bond acceptors (Lipinski definition) is 5. The highest BCUT2D eigenvalue weighted by atomic mass is 35.5. The van der Waals surface area contributed by atoms with Crippen LogP contribution in [0.1, 0.15) is 16.8 Å². The van der Waals surface area contributed by atoms with Crippen molar-refractivity contribution in [1.29, 1.82) is 0 Å². The van der Waals surface area contributed by atoms with Gasteiger partial charge in [-0.3, -0.25) is 9.97 Å². The number of aliphatic hydroxyl groups is 2. The van der Waals surface area contributed by atoms with Gasteiger partial charge in [-0.1, -0.05) is 6.07 Å². The van der Waals surface area contributed by atoms with Crippen molar-refractivity contribution in [3.8, 4) is 5.75 Å². The third kappa shape index (κ3) is 5.21. The van der Waals surface area contributed by atoms with E-state index in [4.69, 9.17) is 10.2 Å². The van der Waals surface area contributed by atoms with E-state index < -0.39 is 0 Å². The number of pyridine rings is 2. The van der Waals surface area contributed by atoms with E-state index in [2.05, 4.69) is 9.97 Å². The summed E-state index contributed by atoms with van der Waals surface area (Å²) in [6.07, 6.45) is 4.95. The zero-order chi connectivity index (χ0) is 13.4. The lowest BCUT2D eigenvalue weighted by atomic mass is 10.1. The van der Waals surface area contributed by atoms with Gasteiger partial charge in [0.25, 0.3) is 0 Å². The van der Waals surface area contributed by atoms with Crippen molar-refractivity contribution in [2.45, 2.75) is 20.1 Å². The van der Waals surface area contributed by atoms with E-state index in [1.165, 1.54) is 6.20 Å². The molecular formula is C13H17ClN2O3. The van der Waals surface area contributed by atoms with E-state index in [0.717, 1.165) is 0 Å². The summed E-state index contributed by atoms with van der Waals surface area (Å²) in [5.41, 5.74) is 1.27. The van der Waals surface area contributed by atoms with Crippen LogP contribution in [0.2, 0.25) is 0 Å². The minimum Gasteiger partial charge on any atom is -0.506 e. The van der Waals surface area contributed by atoms with Crippen molar-refractivity contribution in [3.05, 3.63) is 53.6 Å². The van der Waals surface area contributed by atoms with Crippen molar-refractivity contribution in [2.24, 2.45) is 0 Å². The molecule has 0 saturated carbocycles. The summed E-state index contributed by atoms with van der Waals surface area (Å²) < 4.78 is 0. The Kier molecular flexibility index (Phi) is 8.44. The van der Waals surface area contributed by atoms with Crippen molar-refractivity contribution in [2.75, 3.05) is 0 Å². The number of aromatic hydroxyl groups is 1. The monoisotopic (exact) mass is 284 g/mol. The van der Waals surface area contributed by atoms with Crippen LogP contribution in [0.15, 0.2) is 36.8 Å². The summed E-state index contributed by atoms with van der Waals surface area (Å²) in [6.45, 7) is 1.12.